The number of nitrogens with one attached hydrogen (secondary N) is 1. The number of ether oxygens (including phenoxy) is 2. The number of morpholine rings is 1. The Morgan fingerprint density at radius 2 is 2.25 bits per heavy atom. The molecule has 1 N–H and O–H groups in total. The second-order valence-corrected chi connectivity index (χ2v) is 4.35. The predicted octanol–water partition coefficient (Wildman–Crippen LogP) is 1.26. The fourth-order valence-electron chi connectivity index (χ4n) is 2.39. The Bertz CT molecular complexity index is 392. The summed E-state index contributed by atoms with van der Waals surface area (Å²) in [6.45, 7) is 2.65. The molecule has 16 heavy (non-hydrogen) atoms. The molecule has 2 aliphatic rings. The summed E-state index contributed by atoms with van der Waals surface area (Å²) in [7, 11) is 0. The van der Waals surface area contributed by atoms with Gasteiger partial charge in [-0.1, -0.05) is 12.1 Å². The van der Waals surface area contributed by atoms with E-state index in [1.807, 2.05) is 6.07 Å². The van der Waals surface area contributed by atoms with E-state index in [4.69, 9.17) is 9.47 Å². The first-order chi connectivity index (χ1) is 7.80. The molecule has 1 aromatic carbocycles. The number of hydrogen-bond donors (Lipinski definition) is 1. The van der Waals surface area contributed by atoms with Gasteiger partial charge in [0.25, 0.3) is 0 Å². The zero-order valence-corrected chi connectivity index (χ0v) is 8.91. The lowest BCUT2D eigenvalue weighted by Gasteiger charge is -2.49. The molecule has 4 heteroatoms. The number of rotatable bonds is 1. The number of halogens is 1. The van der Waals surface area contributed by atoms with E-state index < -0.39 is 0 Å². The van der Waals surface area contributed by atoms with Crippen molar-refractivity contribution in [3.8, 4) is 0 Å². The third-order valence-corrected chi connectivity index (χ3v) is 3.24. The molecule has 2 aliphatic heterocycles. The summed E-state index contributed by atoms with van der Waals surface area (Å²) in [5, 5.41) is 3.38. The maximum absolute atomic E-state index is 13.2. The van der Waals surface area contributed by atoms with Gasteiger partial charge in [0, 0.05) is 6.54 Å². The second kappa shape index (κ2) is 3.80. The van der Waals surface area contributed by atoms with Crippen molar-refractivity contribution in [2.24, 2.45) is 0 Å². The minimum absolute atomic E-state index is 0.0331. The van der Waals surface area contributed by atoms with Crippen molar-refractivity contribution in [1.29, 1.82) is 0 Å². The van der Waals surface area contributed by atoms with Crippen molar-refractivity contribution in [3.63, 3.8) is 0 Å². The molecule has 1 atom stereocenters. The number of hydrogen-bond acceptors (Lipinski definition) is 3. The fraction of sp³-hybridized carbons (Fsp3) is 0.500. The normalized spacial score (nSPS) is 27.7. The Morgan fingerprint density at radius 3 is 2.94 bits per heavy atom. The molecule has 2 saturated heterocycles. The van der Waals surface area contributed by atoms with Gasteiger partial charge in [0.1, 0.15) is 11.4 Å². The predicted molar refractivity (Wildman–Crippen MR) is 56.6 cm³/mol. The van der Waals surface area contributed by atoms with Gasteiger partial charge < -0.3 is 14.8 Å². The molecule has 1 spiro atoms. The highest BCUT2D eigenvalue weighted by molar-refractivity contribution is 5.25. The monoisotopic (exact) mass is 223 g/mol. The summed E-state index contributed by atoms with van der Waals surface area (Å²) in [6.07, 6.45) is 0. The van der Waals surface area contributed by atoms with E-state index in [9.17, 15) is 4.39 Å². The highest BCUT2D eigenvalue weighted by Gasteiger charge is 2.49. The molecule has 0 amide bonds. The van der Waals surface area contributed by atoms with E-state index in [-0.39, 0.29) is 17.5 Å². The van der Waals surface area contributed by atoms with Crippen molar-refractivity contribution in [2.75, 3.05) is 26.4 Å². The lowest BCUT2D eigenvalue weighted by molar-refractivity contribution is -0.239. The van der Waals surface area contributed by atoms with Crippen LogP contribution < -0.4 is 5.32 Å². The summed E-state index contributed by atoms with van der Waals surface area (Å²) >= 11 is 0. The quantitative estimate of drug-likeness (QED) is 0.777. The lowest BCUT2D eigenvalue weighted by Crippen LogP contribution is -2.63. The van der Waals surface area contributed by atoms with Gasteiger partial charge in [-0.3, -0.25) is 0 Å². The van der Waals surface area contributed by atoms with Gasteiger partial charge in [0.05, 0.1) is 25.9 Å². The molecule has 3 nitrogen and oxygen atoms in total. The average molecular weight is 223 g/mol. The van der Waals surface area contributed by atoms with Crippen LogP contribution in [0.3, 0.4) is 0 Å². The largest absolute Gasteiger partial charge is 0.375 e. The van der Waals surface area contributed by atoms with E-state index in [1.54, 1.807) is 12.1 Å². The topological polar surface area (TPSA) is 30.5 Å². The van der Waals surface area contributed by atoms with Gasteiger partial charge in [-0.2, -0.15) is 0 Å². The van der Waals surface area contributed by atoms with Gasteiger partial charge in [-0.25, -0.2) is 4.39 Å². The molecular weight excluding hydrogens is 209 g/mol. The molecule has 86 valence electrons. The first-order valence-electron chi connectivity index (χ1n) is 5.51. The van der Waals surface area contributed by atoms with Crippen molar-refractivity contribution < 1.29 is 13.9 Å². The first kappa shape index (κ1) is 10.2. The molecular formula is C12H14FNO2. The van der Waals surface area contributed by atoms with Crippen LogP contribution in [0.15, 0.2) is 24.3 Å². The Kier molecular flexibility index (Phi) is 2.42. The van der Waals surface area contributed by atoms with Crippen LogP contribution in [0, 0.1) is 5.82 Å². The van der Waals surface area contributed by atoms with Crippen LogP contribution in [0.25, 0.3) is 0 Å². The molecule has 0 aromatic heterocycles. The van der Waals surface area contributed by atoms with Gasteiger partial charge >= 0.3 is 0 Å². The van der Waals surface area contributed by atoms with Crippen molar-refractivity contribution in [1.82, 2.24) is 5.32 Å². The molecule has 0 bridgehead atoms. The SMILES string of the molecule is Fc1cccc(C2NCCOC23COC3)c1. The fourth-order valence-corrected chi connectivity index (χ4v) is 2.39. The van der Waals surface area contributed by atoms with Gasteiger partial charge in [-0.05, 0) is 17.7 Å². The van der Waals surface area contributed by atoms with E-state index in [0.29, 0.717) is 19.8 Å². The van der Waals surface area contributed by atoms with Crippen molar-refractivity contribution in [3.05, 3.63) is 35.6 Å². The van der Waals surface area contributed by atoms with Crippen LogP contribution in [0.5, 0.6) is 0 Å². The average Bonchev–Trinajstić information content (AvgIpc) is 2.27. The van der Waals surface area contributed by atoms with Gasteiger partial charge in [0.15, 0.2) is 0 Å². The van der Waals surface area contributed by atoms with Crippen LogP contribution in [-0.2, 0) is 9.47 Å². The molecule has 0 radical (unpaired) electrons. The summed E-state index contributed by atoms with van der Waals surface area (Å²) < 4.78 is 24.2. The molecule has 3 rings (SSSR count). The van der Waals surface area contributed by atoms with Crippen LogP contribution >= 0.6 is 0 Å². The summed E-state index contributed by atoms with van der Waals surface area (Å²) in [6, 6.07) is 6.71. The van der Waals surface area contributed by atoms with Crippen molar-refractivity contribution >= 4 is 0 Å². The van der Waals surface area contributed by atoms with E-state index in [1.165, 1.54) is 6.07 Å². The molecule has 1 unspecified atom stereocenters. The Labute approximate surface area is 93.6 Å². The molecule has 0 aliphatic carbocycles. The smallest absolute Gasteiger partial charge is 0.134 e. The zero-order valence-electron chi connectivity index (χ0n) is 8.91. The Morgan fingerprint density at radius 1 is 1.38 bits per heavy atom. The zero-order chi connectivity index (χ0) is 11.0. The van der Waals surface area contributed by atoms with E-state index in [2.05, 4.69) is 5.32 Å². The van der Waals surface area contributed by atoms with E-state index in [0.717, 1.165) is 12.1 Å². The molecule has 0 saturated carbocycles. The van der Waals surface area contributed by atoms with E-state index >= 15 is 0 Å². The molecule has 2 heterocycles. The van der Waals surface area contributed by atoms with Gasteiger partial charge in [0.2, 0.25) is 0 Å². The summed E-state index contributed by atoms with van der Waals surface area (Å²) in [4.78, 5) is 0. The highest BCUT2D eigenvalue weighted by atomic mass is 19.1. The highest BCUT2D eigenvalue weighted by Crippen LogP contribution is 2.37. The first-order valence-corrected chi connectivity index (χ1v) is 5.51. The Balaban J connectivity index is 1.92. The van der Waals surface area contributed by atoms with Gasteiger partial charge in [-0.15, -0.1) is 0 Å². The summed E-state index contributed by atoms with van der Waals surface area (Å²) in [5.74, 6) is -0.208. The Hall–Kier alpha value is -0.970. The van der Waals surface area contributed by atoms with Crippen LogP contribution in [0.4, 0.5) is 4.39 Å². The second-order valence-electron chi connectivity index (χ2n) is 4.35. The lowest BCUT2D eigenvalue weighted by atomic mass is 9.85. The van der Waals surface area contributed by atoms with Crippen LogP contribution in [-0.4, -0.2) is 32.0 Å². The third kappa shape index (κ3) is 1.54. The molecule has 2 fully saturated rings. The van der Waals surface area contributed by atoms with Crippen molar-refractivity contribution in [2.45, 2.75) is 11.6 Å². The third-order valence-electron chi connectivity index (χ3n) is 3.24. The standard InChI is InChI=1S/C12H14FNO2/c13-10-3-1-2-9(6-10)11-12(7-15-8-12)16-5-4-14-11/h1-3,6,11,14H,4-5,7-8H2. The van der Waals surface area contributed by atoms with Crippen LogP contribution in [0.1, 0.15) is 11.6 Å². The summed E-state index contributed by atoms with van der Waals surface area (Å²) in [5.41, 5.74) is 0.648. The maximum atomic E-state index is 13.2. The minimum Gasteiger partial charge on any atom is -0.375 e. The maximum Gasteiger partial charge on any atom is 0.134 e. The molecule has 1 aromatic rings. The number of benzene rings is 1. The minimum atomic E-state index is -0.286. The van der Waals surface area contributed by atoms with Crippen LogP contribution in [0.2, 0.25) is 0 Å².